The Kier molecular flexibility index (Phi) is 4.22. The molecule has 3 heterocycles. The fraction of sp³-hybridized carbons (Fsp3) is 0. The van der Waals surface area contributed by atoms with E-state index < -0.39 is 0 Å². The Morgan fingerprint density at radius 2 is 1.05 bits per heavy atom. The molecule has 0 amide bonds. The second-order valence-corrected chi connectivity index (χ2v) is 11.3. The van der Waals surface area contributed by atoms with E-state index in [4.69, 9.17) is 0 Å². The molecule has 0 aliphatic carbocycles. The quantitative estimate of drug-likeness (QED) is 0.199. The molecule has 182 valence electrons. The van der Waals surface area contributed by atoms with E-state index in [9.17, 15) is 0 Å². The van der Waals surface area contributed by atoms with Crippen molar-refractivity contribution in [2.24, 2.45) is 0 Å². The molecule has 6 aromatic carbocycles. The lowest BCUT2D eigenvalue weighted by Crippen LogP contribution is -1.93. The van der Waals surface area contributed by atoms with Gasteiger partial charge in [-0.05, 0) is 71.8 Å². The van der Waals surface area contributed by atoms with Crippen LogP contribution in [0, 0.1) is 0 Å². The van der Waals surface area contributed by atoms with Gasteiger partial charge in [0, 0.05) is 42.5 Å². The lowest BCUT2D eigenvalue weighted by atomic mass is 9.98. The highest BCUT2D eigenvalue weighted by molar-refractivity contribution is 9.10. The molecule has 3 heteroatoms. The summed E-state index contributed by atoms with van der Waals surface area (Å²) in [6.07, 6.45) is 0. The zero-order valence-electron chi connectivity index (χ0n) is 20.9. The standard InChI is InChI=1S/C36H21BrN2/c37-24-15-17-34-29(21-24)31-19-23(18-30-27-11-5-7-13-33(27)39(34)36(30)31)22-14-16-28-26-10-4-6-12-32(26)38(35(28)20-22)25-8-2-1-3-9-25/h1-21H. The Balaban J connectivity index is 1.40. The third-order valence-electron chi connectivity index (χ3n) is 8.28. The number of nitrogens with zero attached hydrogens (tertiary/aromatic N) is 2. The molecule has 0 spiro atoms. The number of hydrogen-bond acceptors (Lipinski definition) is 0. The molecule has 39 heavy (non-hydrogen) atoms. The van der Waals surface area contributed by atoms with Gasteiger partial charge < -0.3 is 8.97 Å². The minimum absolute atomic E-state index is 1.10. The lowest BCUT2D eigenvalue weighted by molar-refractivity contribution is 1.18. The fourth-order valence-electron chi connectivity index (χ4n) is 6.64. The van der Waals surface area contributed by atoms with Crippen molar-refractivity contribution in [1.29, 1.82) is 0 Å². The van der Waals surface area contributed by atoms with Gasteiger partial charge in [-0.3, -0.25) is 0 Å². The van der Waals surface area contributed by atoms with Crippen molar-refractivity contribution < 1.29 is 0 Å². The van der Waals surface area contributed by atoms with Gasteiger partial charge in [0.05, 0.1) is 27.6 Å². The van der Waals surface area contributed by atoms with Crippen LogP contribution in [-0.4, -0.2) is 8.97 Å². The maximum Gasteiger partial charge on any atom is 0.0620 e. The van der Waals surface area contributed by atoms with Gasteiger partial charge in [-0.1, -0.05) is 82.7 Å². The van der Waals surface area contributed by atoms with Gasteiger partial charge in [-0.15, -0.1) is 0 Å². The second-order valence-electron chi connectivity index (χ2n) is 10.4. The Hall–Kier alpha value is -4.60. The van der Waals surface area contributed by atoms with Gasteiger partial charge in [0.1, 0.15) is 0 Å². The van der Waals surface area contributed by atoms with E-state index >= 15 is 0 Å². The van der Waals surface area contributed by atoms with Crippen molar-refractivity contribution in [3.63, 3.8) is 0 Å². The molecule has 9 aromatic rings. The number of rotatable bonds is 2. The predicted octanol–water partition coefficient (Wildman–Crippen LogP) is 10.4. The number of fused-ring (bicyclic) bond motifs is 9. The van der Waals surface area contributed by atoms with Crippen LogP contribution in [0.15, 0.2) is 132 Å². The molecule has 3 aromatic heterocycles. The van der Waals surface area contributed by atoms with Crippen molar-refractivity contribution in [3.05, 3.63) is 132 Å². The van der Waals surface area contributed by atoms with E-state index in [2.05, 4.69) is 152 Å². The molecule has 9 rings (SSSR count). The van der Waals surface area contributed by atoms with Crippen LogP contribution in [0.1, 0.15) is 0 Å². The van der Waals surface area contributed by atoms with Crippen molar-refractivity contribution in [2.75, 3.05) is 0 Å². The highest BCUT2D eigenvalue weighted by Crippen LogP contribution is 2.43. The summed E-state index contributed by atoms with van der Waals surface area (Å²) >= 11 is 3.72. The number of halogens is 1. The van der Waals surface area contributed by atoms with Gasteiger partial charge in [-0.25, -0.2) is 0 Å². The topological polar surface area (TPSA) is 9.34 Å². The summed E-state index contributed by atoms with van der Waals surface area (Å²) in [5.41, 5.74) is 9.89. The second kappa shape index (κ2) is 7.72. The number of aromatic nitrogens is 2. The van der Waals surface area contributed by atoms with Crippen LogP contribution in [0.2, 0.25) is 0 Å². The third kappa shape index (κ3) is 2.85. The van der Waals surface area contributed by atoms with Crippen molar-refractivity contribution >= 4 is 75.8 Å². The van der Waals surface area contributed by atoms with Crippen LogP contribution in [0.4, 0.5) is 0 Å². The molecule has 0 radical (unpaired) electrons. The number of para-hydroxylation sites is 3. The Labute approximate surface area is 232 Å². The number of hydrogen-bond donors (Lipinski definition) is 0. The van der Waals surface area contributed by atoms with Crippen molar-refractivity contribution in [3.8, 4) is 16.8 Å². The molecule has 0 saturated carbocycles. The van der Waals surface area contributed by atoms with Crippen molar-refractivity contribution in [1.82, 2.24) is 8.97 Å². The Morgan fingerprint density at radius 1 is 0.410 bits per heavy atom. The van der Waals surface area contributed by atoms with E-state index in [0.29, 0.717) is 0 Å². The van der Waals surface area contributed by atoms with Gasteiger partial charge in [0.15, 0.2) is 0 Å². The van der Waals surface area contributed by atoms with Crippen molar-refractivity contribution in [2.45, 2.75) is 0 Å². The Bertz CT molecular complexity index is 2390. The van der Waals surface area contributed by atoms with Gasteiger partial charge in [0.2, 0.25) is 0 Å². The van der Waals surface area contributed by atoms with Crippen LogP contribution in [-0.2, 0) is 0 Å². The number of benzene rings is 6. The molecule has 2 nitrogen and oxygen atoms in total. The smallest absolute Gasteiger partial charge is 0.0620 e. The molecular formula is C36H21BrN2. The first-order valence-electron chi connectivity index (χ1n) is 13.2. The molecule has 0 fully saturated rings. The predicted molar refractivity (Wildman–Crippen MR) is 169 cm³/mol. The van der Waals surface area contributed by atoms with Crippen LogP contribution < -0.4 is 0 Å². The maximum absolute atomic E-state index is 3.72. The highest BCUT2D eigenvalue weighted by atomic mass is 79.9. The Morgan fingerprint density at radius 3 is 1.87 bits per heavy atom. The largest absolute Gasteiger partial charge is 0.309 e. The summed E-state index contributed by atoms with van der Waals surface area (Å²) in [6, 6.07) is 46.5. The zero-order chi connectivity index (χ0) is 25.7. The first-order chi connectivity index (χ1) is 19.3. The van der Waals surface area contributed by atoms with Crippen LogP contribution >= 0.6 is 15.9 Å². The minimum Gasteiger partial charge on any atom is -0.309 e. The summed E-state index contributed by atoms with van der Waals surface area (Å²) in [5, 5.41) is 7.71. The molecule has 0 atom stereocenters. The maximum atomic E-state index is 3.72. The summed E-state index contributed by atoms with van der Waals surface area (Å²) in [7, 11) is 0. The molecule has 0 bridgehead atoms. The molecule has 0 unspecified atom stereocenters. The molecular weight excluding hydrogens is 540 g/mol. The van der Waals surface area contributed by atoms with Gasteiger partial charge in [-0.2, -0.15) is 0 Å². The van der Waals surface area contributed by atoms with E-state index in [1.807, 2.05) is 0 Å². The summed E-state index contributed by atoms with van der Waals surface area (Å²) in [5.74, 6) is 0. The summed E-state index contributed by atoms with van der Waals surface area (Å²) in [6.45, 7) is 0. The van der Waals surface area contributed by atoms with Crippen LogP contribution in [0.25, 0.3) is 76.7 Å². The SMILES string of the molecule is Brc1ccc2c(c1)c1cc(-c3ccc4c5ccccc5n(-c5ccccc5)c4c3)cc3c4ccccc4n2c31. The van der Waals surface area contributed by atoms with Crippen LogP contribution in [0.3, 0.4) is 0 Å². The molecule has 0 aliphatic rings. The first-order valence-corrected chi connectivity index (χ1v) is 14.0. The molecule has 0 N–H and O–H groups in total. The van der Waals surface area contributed by atoms with Crippen LogP contribution in [0.5, 0.6) is 0 Å². The van der Waals surface area contributed by atoms with Gasteiger partial charge >= 0.3 is 0 Å². The molecule has 0 aliphatic heterocycles. The van der Waals surface area contributed by atoms with E-state index in [1.165, 1.54) is 76.7 Å². The highest BCUT2D eigenvalue weighted by Gasteiger charge is 2.19. The summed E-state index contributed by atoms with van der Waals surface area (Å²) in [4.78, 5) is 0. The van der Waals surface area contributed by atoms with E-state index in [0.717, 1.165) is 4.47 Å². The fourth-order valence-corrected chi connectivity index (χ4v) is 7.01. The van der Waals surface area contributed by atoms with Gasteiger partial charge in [0.25, 0.3) is 0 Å². The van der Waals surface area contributed by atoms with E-state index in [1.54, 1.807) is 0 Å². The lowest BCUT2D eigenvalue weighted by Gasteiger charge is -2.09. The van der Waals surface area contributed by atoms with E-state index in [-0.39, 0.29) is 0 Å². The average molecular weight is 561 g/mol. The summed E-state index contributed by atoms with van der Waals surface area (Å²) < 4.78 is 5.93. The minimum atomic E-state index is 1.10. The third-order valence-corrected chi connectivity index (χ3v) is 8.77. The average Bonchev–Trinajstić information content (AvgIpc) is 3.61. The monoisotopic (exact) mass is 560 g/mol. The molecule has 0 saturated heterocycles. The first kappa shape index (κ1) is 21.3. The normalized spacial score (nSPS) is 12.2. The zero-order valence-corrected chi connectivity index (χ0v) is 22.5.